The molecule has 0 aliphatic rings. The zero-order valence-corrected chi connectivity index (χ0v) is 10.3. The number of hydrogen-bond acceptors (Lipinski definition) is 4. The largest absolute Gasteiger partial charge is 0.459 e. The third-order valence-corrected chi connectivity index (χ3v) is 2.42. The van der Waals surface area contributed by atoms with Crippen LogP contribution in [-0.4, -0.2) is 29.1 Å². The van der Waals surface area contributed by atoms with Crippen LogP contribution in [0.4, 0.5) is 0 Å². The molecule has 0 rings (SSSR count). The quantitative estimate of drug-likeness (QED) is 0.566. The molecule has 0 aromatic heterocycles. The number of hydrogen-bond donors (Lipinski definition) is 1. The Balaban J connectivity index is 3.77. The molecule has 0 aromatic rings. The van der Waals surface area contributed by atoms with Gasteiger partial charge in [0.15, 0.2) is 0 Å². The fraction of sp³-hybridized carbons (Fsp3) is 0.900. The van der Waals surface area contributed by atoms with Crippen molar-refractivity contribution in [2.75, 3.05) is 11.5 Å². The minimum absolute atomic E-state index is 0.297. The molecule has 0 saturated carbocycles. The average Bonchev–Trinajstić information content (AvgIpc) is 2.01. The van der Waals surface area contributed by atoms with E-state index in [1.807, 2.05) is 20.8 Å². The van der Waals surface area contributed by atoms with Crippen molar-refractivity contribution in [2.45, 2.75) is 45.8 Å². The maximum Gasteiger partial charge on any atom is 0.323 e. The molecule has 4 heteroatoms. The normalized spacial score (nSPS) is 13.8. The summed E-state index contributed by atoms with van der Waals surface area (Å²) in [4.78, 5) is 11.4. The van der Waals surface area contributed by atoms with Crippen molar-refractivity contribution in [2.24, 2.45) is 5.73 Å². The van der Waals surface area contributed by atoms with E-state index in [1.54, 1.807) is 11.8 Å². The SMILES string of the molecule is CCSCCC(N)C(=O)OC(C)(C)C. The molecule has 0 bridgehead atoms. The van der Waals surface area contributed by atoms with E-state index in [0.29, 0.717) is 6.42 Å². The van der Waals surface area contributed by atoms with E-state index in [9.17, 15) is 4.79 Å². The van der Waals surface area contributed by atoms with Gasteiger partial charge in [0, 0.05) is 0 Å². The van der Waals surface area contributed by atoms with E-state index in [4.69, 9.17) is 10.5 Å². The predicted molar refractivity (Wildman–Crippen MR) is 61.4 cm³/mol. The van der Waals surface area contributed by atoms with Gasteiger partial charge in [-0.3, -0.25) is 4.79 Å². The third kappa shape index (κ3) is 7.21. The number of carbonyl (C=O) groups is 1. The summed E-state index contributed by atoms with van der Waals surface area (Å²) in [7, 11) is 0. The van der Waals surface area contributed by atoms with Gasteiger partial charge in [-0.15, -0.1) is 0 Å². The van der Waals surface area contributed by atoms with Crippen LogP contribution in [0.2, 0.25) is 0 Å². The number of nitrogens with two attached hydrogens (primary N) is 1. The minimum Gasteiger partial charge on any atom is -0.459 e. The van der Waals surface area contributed by atoms with Gasteiger partial charge in [0.1, 0.15) is 11.6 Å². The van der Waals surface area contributed by atoms with Crippen LogP contribution in [0.25, 0.3) is 0 Å². The van der Waals surface area contributed by atoms with Crippen LogP contribution in [-0.2, 0) is 9.53 Å². The topological polar surface area (TPSA) is 52.3 Å². The zero-order valence-electron chi connectivity index (χ0n) is 9.50. The predicted octanol–water partition coefficient (Wildman–Crippen LogP) is 1.80. The molecule has 1 unspecified atom stereocenters. The van der Waals surface area contributed by atoms with E-state index in [2.05, 4.69) is 6.92 Å². The van der Waals surface area contributed by atoms with E-state index in [0.717, 1.165) is 11.5 Å². The Kier molecular flexibility index (Phi) is 6.20. The Labute approximate surface area is 90.8 Å². The lowest BCUT2D eigenvalue weighted by Crippen LogP contribution is -2.37. The Morgan fingerprint density at radius 2 is 2.07 bits per heavy atom. The second-order valence-corrected chi connectivity index (χ2v) is 5.52. The van der Waals surface area contributed by atoms with Crippen molar-refractivity contribution in [1.29, 1.82) is 0 Å². The van der Waals surface area contributed by atoms with Gasteiger partial charge in [0.2, 0.25) is 0 Å². The second-order valence-electron chi connectivity index (χ2n) is 4.13. The van der Waals surface area contributed by atoms with Gasteiger partial charge < -0.3 is 10.5 Å². The Morgan fingerprint density at radius 1 is 1.50 bits per heavy atom. The van der Waals surface area contributed by atoms with Gasteiger partial charge in [-0.25, -0.2) is 0 Å². The number of thioether (sulfide) groups is 1. The first-order valence-corrected chi connectivity index (χ1v) is 6.08. The van der Waals surface area contributed by atoms with Crippen molar-refractivity contribution in [1.82, 2.24) is 0 Å². The first-order chi connectivity index (χ1) is 6.37. The van der Waals surface area contributed by atoms with E-state index in [-0.39, 0.29) is 5.97 Å². The van der Waals surface area contributed by atoms with E-state index >= 15 is 0 Å². The van der Waals surface area contributed by atoms with Crippen molar-refractivity contribution in [3.05, 3.63) is 0 Å². The Morgan fingerprint density at radius 3 is 2.50 bits per heavy atom. The first-order valence-electron chi connectivity index (χ1n) is 4.93. The van der Waals surface area contributed by atoms with Crippen molar-refractivity contribution in [3.63, 3.8) is 0 Å². The monoisotopic (exact) mass is 219 g/mol. The molecule has 0 aliphatic carbocycles. The van der Waals surface area contributed by atoms with Gasteiger partial charge >= 0.3 is 5.97 Å². The molecule has 14 heavy (non-hydrogen) atoms. The molecule has 0 heterocycles. The summed E-state index contributed by atoms with van der Waals surface area (Å²) in [5.41, 5.74) is 5.24. The average molecular weight is 219 g/mol. The summed E-state index contributed by atoms with van der Waals surface area (Å²) in [5.74, 6) is 1.67. The van der Waals surface area contributed by atoms with Gasteiger partial charge in [-0.1, -0.05) is 6.92 Å². The van der Waals surface area contributed by atoms with Crippen molar-refractivity contribution < 1.29 is 9.53 Å². The van der Waals surface area contributed by atoms with Crippen molar-refractivity contribution in [3.8, 4) is 0 Å². The summed E-state index contributed by atoms with van der Waals surface area (Å²) in [6, 6.07) is -0.478. The molecule has 0 aliphatic heterocycles. The van der Waals surface area contributed by atoms with Crippen LogP contribution in [0.3, 0.4) is 0 Å². The summed E-state index contributed by atoms with van der Waals surface area (Å²) in [6.07, 6.45) is 0.688. The Hall–Kier alpha value is -0.220. The molecule has 0 amide bonds. The van der Waals surface area contributed by atoms with Crippen LogP contribution in [0.15, 0.2) is 0 Å². The molecule has 2 N–H and O–H groups in total. The lowest BCUT2D eigenvalue weighted by molar-refractivity contribution is -0.156. The standard InChI is InChI=1S/C10H21NO2S/c1-5-14-7-6-8(11)9(12)13-10(2,3)4/h8H,5-7,11H2,1-4H3. The van der Waals surface area contributed by atoms with E-state index < -0.39 is 11.6 Å². The van der Waals surface area contributed by atoms with Gasteiger partial charge in [-0.05, 0) is 38.7 Å². The molecule has 0 saturated heterocycles. The highest BCUT2D eigenvalue weighted by Crippen LogP contribution is 2.10. The number of ether oxygens (including phenoxy) is 1. The maximum absolute atomic E-state index is 11.4. The van der Waals surface area contributed by atoms with Gasteiger partial charge in [0.05, 0.1) is 0 Å². The summed E-state index contributed by atoms with van der Waals surface area (Å²) in [6.45, 7) is 7.62. The second kappa shape index (κ2) is 6.30. The smallest absolute Gasteiger partial charge is 0.323 e. The lowest BCUT2D eigenvalue weighted by Gasteiger charge is -2.22. The van der Waals surface area contributed by atoms with Crippen LogP contribution >= 0.6 is 11.8 Å². The molecule has 0 spiro atoms. The fourth-order valence-electron chi connectivity index (χ4n) is 0.850. The number of esters is 1. The number of carbonyl (C=O) groups excluding carboxylic acids is 1. The van der Waals surface area contributed by atoms with Gasteiger partial charge in [-0.2, -0.15) is 11.8 Å². The highest BCUT2D eigenvalue weighted by molar-refractivity contribution is 7.99. The van der Waals surface area contributed by atoms with Crippen LogP contribution in [0.5, 0.6) is 0 Å². The molecule has 0 fully saturated rings. The molecule has 3 nitrogen and oxygen atoms in total. The number of rotatable bonds is 5. The highest BCUT2D eigenvalue weighted by atomic mass is 32.2. The lowest BCUT2D eigenvalue weighted by atomic mass is 10.2. The zero-order chi connectivity index (χ0) is 11.2. The fourth-order valence-corrected chi connectivity index (χ4v) is 1.56. The molecule has 0 radical (unpaired) electrons. The van der Waals surface area contributed by atoms with Crippen LogP contribution in [0.1, 0.15) is 34.1 Å². The summed E-state index contributed by atoms with van der Waals surface area (Å²) >= 11 is 1.78. The maximum atomic E-state index is 11.4. The molecule has 0 aromatic carbocycles. The minimum atomic E-state index is -0.478. The Bertz CT molecular complexity index is 177. The van der Waals surface area contributed by atoms with Crippen molar-refractivity contribution >= 4 is 17.7 Å². The molecular weight excluding hydrogens is 198 g/mol. The van der Waals surface area contributed by atoms with E-state index in [1.165, 1.54) is 0 Å². The molecule has 84 valence electrons. The van der Waals surface area contributed by atoms with Crippen LogP contribution in [0, 0.1) is 0 Å². The first kappa shape index (κ1) is 13.8. The summed E-state index contributed by atoms with van der Waals surface area (Å²) < 4.78 is 5.16. The molecular formula is C10H21NO2S. The highest BCUT2D eigenvalue weighted by Gasteiger charge is 2.21. The van der Waals surface area contributed by atoms with Gasteiger partial charge in [0.25, 0.3) is 0 Å². The third-order valence-electron chi connectivity index (χ3n) is 1.49. The van der Waals surface area contributed by atoms with Crippen LogP contribution < -0.4 is 5.73 Å². The molecule has 1 atom stereocenters. The summed E-state index contributed by atoms with van der Waals surface area (Å²) in [5, 5.41) is 0.